The van der Waals surface area contributed by atoms with Crippen molar-refractivity contribution < 1.29 is 28.5 Å². The summed E-state index contributed by atoms with van der Waals surface area (Å²) >= 11 is 12.4. The molecule has 0 unspecified atom stereocenters. The van der Waals surface area contributed by atoms with E-state index in [9.17, 15) is 4.79 Å². The fourth-order valence-corrected chi connectivity index (χ4v) is 5.33. The van der Waals surface area contributed by atoms with Crippen molar-refractivity contribution in [3.63, 3.8) is 0 Å². The highest BCUT2D eigenvalue weighted by Crippen LogP contribution is 2.45. The SMILES string of the molecule is COc1ccc(/C=C2\Oc3c(cc4c(c3C)OCN(CCc3ccc(Cl)cc3Cl)C4)C2=O)c(OC)c1OC. The molecule has 0 amide bonds. The van der Waals surface area contributed by atoms with Crippen LogP contribution in [0.2, 0.25) is 10.0 Å². The van der Waals surface area contributed by atoms with Gasteiger partial charge < -0.3 is 23.7 Å². The second-order valence-electron chi connectivity index (χ2n) is 9.04. The fraction of sp³-hybridized carbons (Fsp3) is 0.276. The van der Waals surface area contributed by atoms with Crippen molar-refractivity contribution in [3.8, 4) is 28.7 Å². The molecule has 0 radical (unpaired) electrons. The molecule has 2 heterocycles. The van der Waals surface area contributed by atoms with E-state index < -0.39 is 0 Å². The summed E-state index contributed by atoms with van der Waals surface area (Å²) in [7, 11) is 4.62. The Hall–Kier alpha value is -3.39. The van der Waals surface area contributed by atoms with E-state index >= 15 is 0 Å². The van der Waals surface area contributed by atoms with Crippen LogP contribution in [0.5, 0.6) is 28.7 Å². The van der Waals surface area contributed by atoms with E-state index in [1.54, 1.807) is 31.4 Å². The lowest BCUT2D eigenvalue weighted by molar-refractivity contribution is 0.0954. The standard InChI is InChI=1S/C29H27Cl2NO6/c1-16-26-19(14-32(15-37-26)10-9-17-5-7-20(30)13-22(17)31)11-21-25(33)24(38-27(16)21)12-18-6-8-23(34-2)29(36-4)28(18)35-3/h5-8,11-13H,9-10,14-15H2,1-4H3/b24-12-. The van der Waals surface area contributed by atoms with Gasteiger partial charge in [0.1, 0.15) is 18.2 Å². The molecule has 3 aromatic rings. The Morgan fingerprint density at radius 2 is 1.79 bits per heavy atom. The summed E-state index contributed by atoms with van der Waals surface area (Å²) in [4.78, 5) is 15.6. The quantitative estimate of drug-likeness (QED) is 0.315. The van der Waals surface area contributed by atoms with Gasteiger partial charge in [-0.1, -0.05) is 29.3 Å². The highest BCUT2D eigenvalue weighted by Gasteiger charge is 2.34. The van der Waals surface area contributed by atoms with Crippen LogP contribution in [0.3, 0.4) is 0 Å². The van der Waals surface area contributed by atoms with Gasteiger partial charge >= 0.3 is 0 Å². The number of hydrogen-bond acceptors (Lipinski definition) is 7. The lowest BCUT2D eigenvalue weighted by atomic mass is 9.99. The molecular formula is C29H27Cl2NO6. The monoisotopic (exact) mass is 555 g/mol. The summed E-state index contributed by atoms with van der Waals surface area (Å²) in [6.45, 7) is 3.72. The fourth-order valence-electron chi connectivity index (χ4n) is 4.82. The number of fused-ring (bicyclic) bond motifs is 2. The van der Waals surface area contributed by atoms with Gasteiger partial charge in [-0.15, -0.1) is 0 Å². The number of allylic oxidation sites excluding steroid dienone is 1. The van der Waals surface area contributed by atoms with E-state index in [1.165, 1.54) is 14.2 Å². The third-order valence-corrected chi connectivity index (χ3v) is 7.32. The maximum Gasteiger partial charge on any atom is 0.231 e. The number of ketones is 1. The van der Waals surface area contributed by atoms with Gasteiger partial charge in [0.05, 0.1) is 26.9 Å². The first kappa shape index (κ1) is 26.2. The first-order valence-electron chi connectivity index (χ1n) is 12.0. The Bertz CT molecular complexity index is 1450. The second kappa shape index (κ2) is 10.8. The molecule has 9 heteroatoms. The molecule has 2 aliphatic rings. The number of carbonyl (C=O) groups is 1. The predicted molar refractivity (Wildman–Crippen MR) is 146 cm³/mol. The van der Waals surface area contributed by atoms with Gasteiger partial charge in [0.15, 0.2) is 17.3 Å². The topological polar surface area (TPSA) is 66.5 Å². The van der Waals surface area contributed by atoms with E-state index in [0.717, 1.165) is 35.4 Å². The third-order valence-electron chi connectivity index (χ3n) is 6.74. The Balaban J connectivity index is 1.39. The number of carbonyl (C=O) groups excluding carboxylic acids is 1. The third kappa shape index (κ3) is 4.77. The lowest BCUT2D eigenvalue weighted by Crippen LogP contribution is -2.34. The van der Waals surface area contributed by atoms with Crippen molar-refractivity contribution in [1.29, 1.82) is 0 Å². The van der Waals surface area contributed by atoms with Crippen LogP contribution in [-0.2, 0) is 13.0 Å². The number of nitrogens with zero attached hydrogens (tertiary/aromatic N) is 1. The summed E-state index contributed by atoms with van der Waals surface area (Å²) < 4.78 is 28.6. The molecule has 198 valence electrons. The molecule has 0 atom stereocenters. The number of rotatable bonds is 7. The minimum atomic E-state index is -0.201. The van der Waals surface area contributed by atoms with Crippen molar-refractivity contribution in [2.24, 2.45) is 0 Å². The molecule has 0 saturated carbocycles. The van der Waals surface area contributed by atoms with E-state index in [4.69, 9.17) is 46.9 Å². The summed E-state index contributed by atoms with van der Waals surface area (Å²) in [5.74, 6) is 2.67. The molecule has 5 rings (SSSR count). The van der Waals surface area contributed by atoms with Crippen molar-refractivity contribution in [2.75, 3.05) is 34.6 Å². The Morgan fingerprint density at radius 1 is 1.00 bits per heavy atom. The number of methoxy groups -OCH3 is 3. The van der Waals surface area contributed by atoms with E-state index in [1.807, 2.05) is 25.1 Å². The number of Topliss-reactive ketones (excluding diaryl/α,β-unsaturated/α-hetero) is 1. The Morgan fingerprint density at radius 3 is 2.50 bits per heavy atom. The molecule has 0 bridgehead atoms. The van der Waals surface area contributed by atoms with Crippen molar-refractivity contribution in [1.82, 2.24) is 4.90 Å². The number of hydrogen-bond donors (Lipinski definition) is 0. The number of halogens is 2. The molecule has 0 saturated heterocycles. The zero-order chi connectivity index (χ0) is 27.0. The average molecular weight is 556 g/mol. The molecule has 0 aromatic heterocycles. The van der Waals surface area contributed by atoms with E-state index in [2.05, 4.69) is 4.90 Å². The second-order valence-corrected chi connectivity index (χ2v) is 9.89. The smallest absolute Gasteiger partial charge is 0.231 e. The number of benzene rings is 3. The molecule has 0 N–H and O–H groups in total. The van der Waals surface area contributed by atoms with Gasteiger partial charge in [-0.2, -0.15) is 0 Å². The van der Waals surface area contributed by atoms with Gasteiger partial charge in [0.25, 0.3) is 0 Å². The van der Waals surface area contributed by atoms with Crippen LogP contribution >= 0.6 is 23.2 Å². The molecule has 0 aliphatic carbocycles. The van der Waals surface area contributed by atoms with Crippen molar-refractivity contribution >= 4 is 35.1 Å². The van der Waals surface area contributed by atoms with Gasteiger partial charge in [-0.05, 0) is 55.3 Å². The van der Waals surface area contributed by atoms with Crippen LogP contribution in [0.25, 0.3) is 6.08 Å². The summed E-state index contributed by atoms with van der Waals surface area (Å²) in [5.41, 5.74) is 3.91. The average Bonchev–Trinajstić information content (AvgIpc) is 3.22. The lowest BCUT2D eigenvalue weighted by Gasteiger charge is -2.30. The van der Waals surface area contributed by atoms with Crippen LogP contribution in [0.1, 0.15) is 32.6 Å². The van der Waals surface area contributed by atoms with Crippen molar-refractivity contribution in [2.45, 2.75) is 19.9 Å². The van der Waals surface area contributed by atoms with Crippen LogP contribution in [0.4, 0.5) is 0 Å². The summed E-state index contributed by atoms with van der Waals surface area (Å²) in [5, 5.41) is 1.26. The zero-order valence-electron chi connectivity index (χ0n) is 21.5. The zero-order valence-corrected chi connectivity index (χ0v) is 23.0. The minimum Gasteiger partial charge on any atom is -0.493 e. The molecule has 3 aromatic carbocycles. The highest BCUT2D eigenvalue weighted by molar-refractivity contribution is 6.35. The van der Waals surface area contributed by atoms with Gasteiger partial charge in [0, 0.05) is 39.8 Å². The highest BCUT2D eigenvalue weighted by atomic mass is 35.5. The van der Waals surface area contributed by atoms with Gasteiger partial charge in [-0.3, -0.25) is 9.69 Å². The normalized spacial score (nSPS) is 15.5. The van der Waals surface area contributed by atoms with Crippen LogP contribution in [0.15, 0.2) is 42.2 Å². The van der Waals surface area contributed by atoms with Crippen LogP contribution < -0.4 is 23.7 Å². The molecule has 0 fully saturated rings. The van der Waals surface area contributed by atoms with Crippen molar-refractivity contribution in [3.05, 3.63) is 80.0 Å². The van der Waals surface area contributed by atoms with E-state index in [-0.39, 0.29) is 11.5 Å². The molecular weight excluding hydrogens is 529 g/mol. The first-order chi connectivity index (χ1) is 18.3. The molecule has 2 aliphatic heterocycles. The molecule has 0 spiro atoms. The van der Waals surface area contributed by atoms with E-state index in [0.29, 0.717) is 57.4 Å². The maximum atomic E-state index is 13.4. The number of ether oxygens (including phenoxy) is 5. The minimum absolute atomic E-state index is 0.199. The summed E-state index contributed by atoms with van der Waals surface area (Å²) in [6.07, 6.45) is 2.41. The van der Waals surface area contributed by atoms with Crippen LogP contribution in [0, 0.1) is 6.92 Å². The van der Waals surface area contributed by atoms with Gasteiger partial charge in [0.2, 0.25) is 11.5 Å². The van der Waals surface area contributed by atoms with Gasteiger partial charge in [-0.25, -0.2) is 0 Å². The maximum absolute atomic E-state index is 13.4. The molecule has 7 nitrogen and oxygen atoms in total. The Labute approximate surface area is 231 Å². The largest absolute Gasteiger partial charge is 0.493 e. The summed E-state index contributed by atoms with van der Waals surface area (Å²) in [6, 6.07) is 10.9. The predicted octanol–water partition coefficient (Wildman–Crippen LogP) is 6.34. The first-order valence-corrected chi connectivity index (χ1v) is 12.8. The Kier molecular flexibility index (Phi) is 7.43. The van der Waals surface area contributed by atoms with Crippen LogP contribution in [-0.4, -0.2) is 45.3 Å². The molecule has 38 heavy (non-hydrogen) atoms.